The molecule has 0 aromatic heterocycles. The van der Waals surface area contributed by atoms with E-state index in [4.69, 9.17) is 22.1 Å². The van der Waals surface area contributed by atoms with Crippen molar-refractivity contribution in [2.45, 2.75) is 30.8 Å². The number of aliphatic hydroxyl groups excluding tert-OH is 1. The highest BCUT2D eigenvalue weighted by Crippen LogP contribution is 2.28. The maximum atomic E-state index is 9.75. The number of nitrogen functional groups attached to an aromatic ring is 1. The molecule has 0 heterocycles. The Kier molecular flexibility index (Phi) is 7.51. The molecule has 0 bridgehead atoms. The second-order valence-corrected chi connectivity index (χ2v) is 5.57. The molecule has 0 fully saturated rings. The molecule has 0 aliphatic heterocycles. The van der Waals surface area contributed by atoms with E-state index in [0.29, 0.717) is 29.7 Å². The minimum atomic E-state index is -0.481. The van der Waals surface area contributed by atoms with Gasteiger partial charge in [0.1, 0.15) is 0 Å². The van der Waals surface area contributed by atoms with Crippen molar-refractivity contribution >= 4 is 29.1 Å². The normalized spacial score (nSPS) is 12.6. The highest BCUT2D eigenvalue weighted by Gasteiger charge is 2.07. The van der Waals surface area contributed by atoms with Crippen LogP contribution in [-0.2, 0) is 4.74 Å². The Bertz CT molecular complexity index is 363. The fourth-order valence-electron chi connectivity index (χ4n) is 1.33. The number of unbranched alkanes of at least 4 members (excludes halogenated alkanes) is 1. The minimum Gasteiger partial charge on any atom is -0.398 e. The van der Waals surface area contributed by atoms with Gasteiger partial charge < -0.3 is 15.6 Å². The second kappa shape index (κ2) is 8.64. The predicted octanol–water partition coefficient (Wildman–Crippen LogP) is 3.19. The van der Waals surface area contributed by atoms with Gasteiger partial charge >= 0.3 is 0 Å². The van der Waals surface area contributed by atoms with Gasteiger partial charge in [-0.1, -0.05) is 24.9 Å². The Morgan fingerprint density at radius 3 is 3.00 bits per heavy atom. The van der Waals surface area contributed by atoms with Crippen LogP contribution < -0.4 is 5.73 Å². The van der Waals surface area contributed by atoms with Crippen molar-refractivity contribution in [2.75, 3.05) is 24.7 Å². The molecule has 0 spiro atoms. The van der Waals surface area contributed by atoms with E-state index >= 15 is 0 Å². The van der Waals surface area contributed by atoms with Crippen molar-refractivity contribution in [2.24, 2.45) is 0 Å². The van der Waals surface area contributed by atoms with E-state index in [1.54, 1.807) is 12.1 Å². The number of thioether (sulfide) groups is 1. The molecule has 102 valence electrons. The van der Waals surface area contributed by atoms with Gasteiger partial charge in [-0.15, -0.1) is 11.8 Å². The first-order chi connectivity index (χ1) is 8.63. The molecule has 18 heavy (non-hydrogen) atoms. The Morgan fingerprint density at radius 1 is 1.50 bits per heavy atom. The molecule has 5 heteroatoms. The van der Waals surface area contributed by atoms with Crippen LogP contribution in [-0.4, -0.2) is 30.2 Å². The van der Waals surface area contributed by atoms with Crippen molar-refractivity contribution in [3.8, 4) is 0 Å². The highest BCUT2D eigenvalue weighted by molar-refractivity contribution is 7.99. The summed E-state index contributed by atoms with van der Waals surface area (Å²) in [6, 6.07) is 5.34. The SMILES string of the molecule is CCCCOCC(O)CSc1cc(Cl)ccc1N. The lowest BCUT2D eigenvalue weighted by Crippen LogP contribution is -2.18. The van der Waals surface area contributed by atoms with Crippen LogP contribution in [0.3, 0.4) is 0 Å². The maximum Gasteiger partial charge on any atom is 0.0867 e. The number of ether oxygens (including phenoxy) is 1. The molecule has 1 rings (SSSR count). The van der Waals surface area contributed by atoms with Crippen LogP contribution in [0.2, 0.25) is 5.02 Å². The van der Waals surface area contributed by atoms with Crippen molar-refractivity contribution < 1.29 is 9.84 Å². The third-order valence-electron chi connectivity index (χ3n) is 2.36. The lowest BCUT2D eigenvalue weighted by atomic mass is 10.3. The van der Waals surface area contributed by atoms with E-state index in [0.717, 1.165) is 17.7 Å². The number of benzene rings is 1. The van der Waals surface area contributed by atoms with Gasteiger partial charge in [0, 0.05) is 28.0 Å². The summed E-state index contributed by atoms with van der Waals surface area (Å²) in [5, 5.41) is 10.4. The van der Waals surface area contributed by atoms with Crippen LogP contribution in [0.1, 0.15) is 19.8 Å². The number of rotatable bonds is 8. The quantitative estimate of drug-likeness (QED) is 0.438. The van der Waals surface area contributed by atoms with Crippen molar-refractivity contribution in [3.05, 3.63) is 23.2 Å². The molecule has 0 aliphatic rings. The number of halogens is 1. The summed E-state index contributed by atoms with van der Waals surface area (Å²) in [5.74, 6) is 0.552. The summed E-state index contributed by atoms with van der Waals surface area (Å²) >= 11 is 7.39. The van der Waals surface area contributed by atoms with Crippen LogP contribution >= 0.6 is 23.4 Å². The third-order valence-corrected chi connectivity index (χ3v) is 3.81. The van der Waals surface area contributed by atoms with Gasteiger partial charge in [0.15, 0.2) is 0 Å². The molecule has 0 radical (unpaired) electrons. The molecule has 3 N–H and O–H groups in total. The fourth-order valence-corrected chi connectivity index (χ4v) is 2.48. The molecular weight excluding hydrogens is 270 g/mol. The predicted molar refractivity (Wildman–Crippen MR) is 78.3 cm³/mol. The summed E-state index contributed by atoms with van der Waals surface area (Å²) in [4.78, 5) is 0.898. The Balaban J connectivity index is 2.29. The van der Waals surface area contributed by atoms with Crippen LogP contribution in [0.5, 0.6) is 0 Å². The lowest BCUT2D eigenvalue weighted by molar-refractivity contribution is 0.0473. The molecule has 1 aromatic rings. The first-order valence-electron chi connectivity index (χ1n) is 6.07. The zero-order valence-electron chi connectivity index (χ0n) is 10.6. The zero-order valence-corrected chi connectivity index (χ0v) is 12.1. The number of hydrogen-bond acceptors (Lipinski definition) is 4. The first kappa shape index (κ1) is 15.6. The molecular formula is C13H20ClNO2S. The molecule has 0 amide bonds. The van der Waals surface area contributed by atoms with Crippen LogP contribution in [0.15, 0.2) is 23.1 Å². The number of hydrogen-bond donors (Lipinski definition) is 2. The average molecular weight is 290 g/mol. The smallest absolute Gasteiger partial charge is 0.0867 e. The summed E-state index contributed by atoms with van der Waals surface area (Å²) in [6.45, 7) is 3.18. The summed E-state index contributed by atoms with van der Waals surface area (Å²) in [7, 11) is 0. The lowest BCUT2D eigenvalue weighted by Gasteiger charge is -2.12. The van der Waals surface area contributed by atoms with Crippen LogP contribution in [0.4, 0.5) is 5.69 Å². The molecule has 3 nitrogen and oxygen atoms in total. The molecule has 0 saturated carbocycles. The fraction of sp³-hybridized carbons (Fsp3) is 0.538. The molecule has 0 aliphatic carbocycles. The molecule has 1 atom stereocenters. The van der Waals surface area contributed by atoms with Crippen molar-refractivity contribution in [1.82, 2.24) is 0 Å². The standard InChI is InChI=1S/C13H20ClNO2S/c1-2-3-6-17-8-11(16)9-18-13-7-10(14)4-5-12(13)15/h4-5,7,11,16H,2-3,6,8-9,15H2,1H3. The highest BCUT2D eigenvalue weighted by atomic mass is 35.5. The van der Waals surface area contributed by atoms with E-state index in [1.165, 1.54) is 11.8 Å². The minimum absolute atomic E-state index is 0.369. The molecule has 1 unspecified atom stereocenters. The van der Waals surface area contributed by atoms with E-state index in [1.807, 2.05) is 6.07 Å². The number of anilines is 1. The van der Waals surface area contributed by atoms with Gasteiger partial charge in [0.2, 0.25) is 0 Å². The van der Waals surface area contributed by atoms with E-state index < -0.39 is 6.10 Å². The van der Waals surface area contributed by atoms with Gasteiger partial charge in [-0.25, -0.2) is 0 Å². The van der Waals surface area contributed by atoms with Gasteiger partial charge in [0.05, 0.1) is 12.7 Å². The van der Waals surface area contributed by atoms with Crippen molar-refractivity contribution in [3.63, 3.8) is 0 Å². The largest absolute Gasteiger partial charge is 0.398 e. The number of aliphatic hydroxyl groups is 1. The molecule has 1 aromatic carbocycles. The van der Waals surface area contributed by atoms with Crippen LogP contribution in [0, 0.1) is 0 Å². The topological polar surface area (TPSA) is 55.5 Å². The van der Waals surface area contributed by atoms with E-state index in [-0.39, 0.29) is 0 Å². The van der Waals surface area contributed by atoms with Gasteiger partial charge in [-0.2, -0.15) is 0 Å². The zero-order chi connectivity index (χ0) is 13.4. The Labute approximate surface area is 118 Å². The van der Waals surface area contributed by atoms with Gasteiger partial charge in [-0.3, -0.25) is 0 Å². The first-order valence-corrected chi connectivity index (χ1v) is 7.43. The third kappa shape index (κ3) is 5.96. The number of nitrogens with two attached hydrogens (primary N) is 1. The Morgan fingerprint density at radius 2 is 2.28 bits per heavy atom. The van der Waals surface area contributed by atoms with Gasteiger partial charge in [-0.05, 0) is 24.6 Å². The van der Waals surface area contributed by atoms with E-state index in [2.05, 4.69) is 6.92 Å². The maximum absolute atomic E-state index is 9.75. The van der Waals surface area contributed by atoms with Crippen LogP contribution in [0.25, 0.3) is 0 Å². The monoisotopic (exact) mass is 289 g/mol. The Hall–Kier alpha value is -0.420. The second-order valence-electron chi connectivity index (χ2n) is 4.08. The van der Waals surface area contributed by atoms with Gasteiger partial charge in [0.25, 0.3) is 0 Å². The average Bonchev–Trinajstić information content (AvgIpc) is 2.36. The van der Waals surface area contributed by atoms with E-state index in [9.17, 15) is 5.11 Å². The summed E-state index contributed by atoms with van der Waals surface area (Å²) in [6.07, 6.45) is 1.65. The van der Waals surface area contributed by atoms with Crippen molar-refractivity contribution in [1.29, 1.82) is 0 Å². The summed E-state index contributed by atoms with van der Waals surface area (Å²) < 4.78 is 5.36. The molecule has 0 saturated heterocycles. The summed E-state index contributed by atoms with van der Waals surface area (Å²) in [5.41, 5.74) is 6.51.